The van der Waals surface area contributed by atoms with Crippen LogP contribution in [0.3, 0.4) is 0 Å². The molecular weight excluding hydrogens is 404 g/mol. The van der Waals surface area contributed by atoms with Gasteiger partial charge in [-0.2, -0.15) is 0 Å². The molecule has 1 N–H and O–H groups in total. The molecule has 0 bridgehead atoms. The van der Waals surface area contributed by atoms with Gasteiger partial charge in [0, 0.05) is 34.6 Å². The van der Waals surface area contributed by atoms with E-state index >= 15 is 0 Å². The van der Waals surface area contributed by atoms with Crippen LogP contribution in [0.2, 0.25) is 0 Å². The molecule has 0 atom stereocenters. The van der Waals surface area contributed by atoms with Crippen molar-refractivity contribution in [1.82, 2.24) is 10.3 Å². The molecular formula is C26H32N2O2S. The Kier molecular flexibility index (Phi) is 9.10. The van der Waals surface area contributed by atoms with Crippen LogP contribution >= 0.6 is 11.3 Å². The number of hydrogen-bond acceptors (Lipinski definition) is 4. The van der Waals surface area contributed by atoms with E-state index in [1.165, 1.54) is 45.4 Å². The fraction of sp³-hybridized carbons (Fsp3) is 0.385. The van der Waals surface area contributed by atoms with Crippen LogP contribution in [-0.4, -0.2) is 24.5 Å². The van der Waals surface area contributed by atoms with Gasteiger partial charge in [-0.15, -0.1) is 11.3 Å². The first-order valence-corrected chi connectivity index (χ1v) is 12.0. The zero-order valence-electron chi connectivity index (χ0n) is 18.5. The second-order valence-corrected chi connectivity index (χ2v) is 8.79. The molecule has 2 aromatic heterocycles. The average Bonchev–Trinajstić information content (AvgIpc) is 3.15. The molecule has 0 aliphatic carbocycles. The van der Waals surface area contributed by atoms with Crippen molar-refractivity contribution in [2.24, 2.45) is 0 Å². The lowest BCUT2D eigenvalue weighted by molar-refractivity contribution is -0.116. The lowest BCUT2D eigenvalue weighted by atomic mass is 10.0. The summed E-state index contributed by atoms with van der Waals surface area (Å²) < 4.78 is 6.59. The van der Waals surface area contributed by atoms with Crippen LogP contribution in [0, 0.1) is 0 Å². The number of ether oxygens (including phenoxy) is 1. The summed E-state index contributed by atoms with van der Waals surface area (Å²) in [6.45, 7) is 2.91. The fourth-order valence-electron chi connectivity index (χ4n) is 3.64. The minimum Gasteiger partial charge on any atom is -0.497 e. The van der Waals surface area contributed by atoms with Crippen LogP contribution < -0.4 is 10.1 Å². The van der Waals surface area contributed by atoms with E-state index in [0.717, 1.165) is 31.4 Å². The standard InChI is InChI=1S/C26H32N2O2S/c1-3-4-5-11-22-23-13-12-21(30-2)18-25(23)31-24(22)14-15-26(29)28-17-7-6-9-20-10-8-16-27-19-20/h8,10,12-16,18-19H,3-7,9,11,17H2,1-2H3,(H,28,29)/b15-14+. The van der Waals surface area contributed by atoms with Gasteiger partial charge in [0.1, 0.15) is 5.75 Å². The van der Waals surface area contributed by atoms with Crippen molar-refractivity contribution in [3.8, 4) is 5.75 Å². The summed E-state index contributed by atoms with van der Waals surface area (Å²) in [7, 11) is 1.69. The molecule has 0 saturated carbocycles. The van der Waals surface area contributed by atoms with Crippen molar-refractivity contribution in [3.05, 3.63) is 64.8 Å². The number of carbonyl (C=O) groups excluding carboxylic acids is 1. The molecule has 4 nitrogen and oxygen atoms in total. The maximum absolute atomic E-state index is 12.3. The summed E-state index contributed by atoms with van der Waals surface area (Å²) in [4.78, 5) is 17.6. The first kappa shape index (κ1) is 23.0. The number of aromatic nitrogens is 1. The van der Waals surface area contributed by atoms with Crippen LogP contribution in [0.4, 0.5) is 0 Å². The highest BCUT2D eigenvalue weighted by molar-refractivity contribution is 7.20. The number of nitrogens with one attached hydrogen (secondary N) is 1. The maximum atomic E-state index is 12.3. The number of thiophene rings is 1. The first-order chi connectivity index (χ1) is 15.2. The molecule has 31 heavy (non-hydrogen) atoms. The Hall–Kier alpha value is -2.66. The Labute approximate surface area is 189 Å². The molecule has 3 aromatic rings. The number of aryl methyl sites for hydroxylation is 2. The van der Waals surface area contributed by atoms with Gasteiger partial charge in [-0.3, -0.25) is 9.78 Å². The van der Waals surface area contributed by atoms with Gasteiger partial charge in [0.05, 0.1) is 7.11 Å². The number of fused-ring (bicyclic) bond motifs is 1. The molecule has 0 unspecified atom stereocenters. The molecule has 3 rings (SSSR count). The van der Waals surface area contributed by atoms with E-state index in [4.69, 9.17) is 4.74 Å². The van der Waals surface area contributed by atoms with Gasteiger partial charge in [0.2, 0.25) is 5.91 Å². The Balaban J connectivity index is 1.57. The van der Waals surface area contributed by atoms with Gasteiger partial charge in [-0.05, 0) is 79.0 Å². The molecule has 5 heteroatoms. The zero-order chi connectivity index (χ0) is 21.9. The third-order valence-electron chi connectivity index (χ3n) is 5.36. The Morgan fingerprint density at radius 3 is 2.81 bits per heavy atom. The monoisotopic (exact) mass is 436 g/mol. The number of pyridine rings is 1. The lowest BCUT2D eigenvalue weighted by Crippen LogP contribution is -2.22. The summed E-state index contributed by atoms with van der Waals surface area (Å²) >= 11 is 1.73. The van der Waals surface area contributed by atoms with E-state index in [1.807, 2.05) is 24.4 Å². The number of hydrogen-bond donors (Lipinski definition) is 1. The number of rotatable bonds is 12. The molecule has 1 aromatic carbocycles. The highest BCUT2D eigenvalue weighted by Gasteiger charge is 2.11. The Morgan fingerprint density at radius 2 is 2.03 bits per heavy atom. The maximum Gasteiger partial charge on any atom is 0.244 e. The smallest absolute Gasteiger partial charge is 0.244 e. The first-order valence-electron chi connectivity index (χ1n) is 11.2. The quantitative estimate of drug-likeness (QED) is 0.272. The minimum atomic E-state index is -0.0316. The predicted molar refractivity (Wildman–Crippen MR) is 131 cm³/mol. The van der Waals surface area contributed by atoms with Gasteiger partial charge >= 0.3 is 0 Å². The van der Waals surface area contributed by atoms with E-state index in [1.54, 1.807) is 30.7 Å². The third kappa shape index (κ3) is 6.93. The van der Waals surface area contributed by atoms with E-state index in [9.17, 15) is 4.79 Å². The zero-order valence-corrected chi connectivity index (χ0v) is 19.3. The van der Waals surface area contributed by atoms with E-state index in [-0.39, 0.29) is 5.91 Å². The summed E-state index contributed by atoms with van der Waals surface area (Å²) in [6.07, 6.45) is 14.9. The molecule has 0 radical (unpaired) electrons. The van der Waals surface area contributed by atoms with Crippen LogP contribution in [0.25, 0.3) is 16.2 Å². The Morgan fingerprint density at radius 1 is 1.16 bits per heavy atom. The van der Waals surface area contributed by atoms with Gasteiger partial charge < -0.3 is 10.1 Å². The van der Waals surface area contributed by atoms with E-state index in [0.29, 0.717) is 6.54 Å². The molecule has 164 valence electrons. The molecule has 0 saturated heterocycles. The number of methoxy groups -OCH3 is 1. The van der Waals surface area contributed by atoms with E-state index in [2.05, 4.69) is 35.4 Å². The van der Waals surface area contributed by atoms with Crippen LogP contribution in [0.15, 0.2) is 48.8 Å². The highest BCUT2D eigenvalue weighted by atomic mass is 32.1. The van der Waals surface area contributed by atoms with Crippen LogP contribution in [-0.2, 0) is 17.6 Å². The van der Waals surface area contributed by atoms with E-state index < -0.39 is 0 Å². The Bertz CT molecular complexity index is 995. The normalized spacial score (nSPS) is 11.3. The minimum absolute atomic E-state index is 0.0316. The summed E-state index contributed by atoms with van der Waals surface area (Å²) in [5, 5.41) is 4.28. The molecule has 0 fully saturated rings. The average molecular weight is 437 g/mol. The van der Waals surface area contributed by atoms with Gasteiger partial charge in [-0.25, -0.2) is 0 Å². The molecule has 1 amide bonds. The van der Waals surface area contributed by atoms with Crippen molar-refractivity contribution in [2.75, 3.05) is 13.7 Å². The van der Waals surface area contributed by atoms with Crippen molar-refractivity contribution >= 4 is 33.4 Å². The predicted octanol–water partition coefficient (Wildman–Crippen LogP) is 6.19. The summed E-state index contributed by atoms with van der Waals surface area (Å²) in [5.41, 5.74) is 2.59. The lowest BCUT2D eigenvalue weighted by Gasteiger charge is -2.04. The van der Waals surface area contributed by atoms with Crippen molar-refractivity contribution in [2.45, 2.75) is 51.9 Å². The molecule has 0 aliphatic heterocycles. The van der Waals surface area contributed by atoms with Crippen LogP contribution in [0.5, 0.6) is 5.75 Å². The fourth-order valence-corrected chi connectivity index (χ4v) is 4.83. The second kappa shape index (κ2) is 12.3. The van der Waals surface area contributed by atoms with Crippen LogP contribution in [0.1, 0.15) is 55.0 Å². The van der Waals surface area contributed by atoms with Gasteiger partial charge in [0.15, 0.2) is 0 Å². The number of nitrogens with zero attached hydrogens (tertiary/aromatic N) is 1. The largest absolute Gasteiger partial charge is 0.497 e. The third-order valence-corrected chi connectivity index (χ3v) is 6.52. The van der Waals surface area contributed by atoms with Crippen molar-refractivity contribution < 1.29 is 9.53 Å². The van der Waals surface area contributed by atoms with Crippen molar-refractivity contribution in [1.29, 1.82) is 0 Å². The molecule has 0 aliphatic rings. The van der Waals surface area contributed by atoms with Crippen molar-refractivity contribution in [3.63, 3.8) is 0 Å². The summed E-state index contributed by atoms with van der Waals surface area (Å²) in [5.74, 6) is 0.837. The second-order valence-electron chi connectivity index (χ2n) is 7.71. The topological polar surface area (TPSA) is 51.2 Å². The molecule has 2 heterocycles. The number of amides is 1. The summed E-state index contributed by atoms with van der Waals surface area (Å²) in [6, 6.07) is 10.3. The van der Waals surface area contributed by atoms with Gasteiger partial charge in [0.25, 0.3) is 0 Å². The number of unbranched alkanes of at least 4 members (excludes halogenated alkanes) is 3. The SMILES string of the molecule is CCCCCc1c(/C=C/C(=O)NCCCCc2cccnc2)sc2cc(OC)ccc12. The molecule has 0 spiro atoms. The number of benzene rings is 1. The number of carbonyl (C=O) groups is 1. The highest BCUT2D eigenvalue weighted by Crippen LogP contribution is 2.35. The van der Waals surface area contributed by atoms with Gasteiger partial charge in [-0.1, -0.05) is 25.8 Å².